The van der Waals surface area contributed by atoms with Crippen molar-refractivity contribution >= 4 is 12.4 Å². The molecule has 0 heterocycles. The second kappa shape index (κ2) is 67.4. The average molecular weight is 246 g/mol. The van der Waals surface area contributed by atoms with Gasteiger partial charge in [0.1, 0.15) is 0 Å². The number of carboxylic acid groups (broad SMARTS) is 2. The van der Waals surface area contributed by atoms with E-state index in [4.69, 9.17) is 40.2 Å². The Morgan fingerprint density at radius 2 is 1.19 bits per heavy atom. The van der Waals surface area contributed by atoms with Crippen LogP contribution in [0, 0.1) is 0 Å². The maximum absolute atomic E-state index is 9.00. The van der Waals surface area contributed by atoms with Gasteiger partial charge in [0.2, 0.25) is 0 Å². The van der Waals surface area contributed by atoms with E-state index in [0.717, 1.165) is 14.0 Å². The van der Waals surface area contributed by atoms with Crippen LogP contribution in [0.15, 0.2) is 0 Å². The lowest BCUT2D eigenvalue weighted by molar-refractivity contribution is -0.134. The topological polar surface area (TPSA) is 156 Å². The highest BCUT2D eigenvalue weighted by atomic mass is 16.4. The van der Waals surface area contributed by atoms with E-state index < -0.39 is 5.97 Å². The molecule has 0 fully saturated rings. The van der Waals surface area contributed by atoms with Gasteiger partial charge in [0.25, 0.3) is 12.4 Å². The third-order valence-corrected chi connectivity index (χ3v) is 0.1000. The maximum Gasteiger partial charge on any atom is 0.300 e. The van der Waals surface area contributed by atoms with E-state index in [1.54, 1.807) is 6.92 Å². The van der Waals surface area contributed by atoms with Crippen molar-refractivity contribution in [1.82, 2.24) is 0 Å². The average Bonchev–Trinajstić information content (AvgIpc) is 2.22. The number of carboxylic acids is 1. The lowest BCUT2D eigenvalue weighted by atomic mass is 10.8. The Kier molecular flexibility index (Phi) is 124. The molecule has 16 heavy (non-hydrogen) atoms. The Bertz CT molecular complexity index is 90.0. The molecule has 0 saturated heterocycles. The van der Waals surface area contributed by atoms with Gasteiger partial charge < -0.3 is 30.6 Å². The summed E-state index contributed by atoms with van der Waals surface area (Å²) in [6, 6.07) is 0. The zero-order chi connectivity index (χ0) is 14.4. The van der Waals surface area contributed by atoms with Crippen LogP contribution in [0.3, 0.4) is 0 Å². The van der Waals surface area contributed by atoms with Gasteiger partial charge in [-0.3, -0.25) is 9.59 Å². The molecule has 0 radical (unpaired) electrons. The molecule has 0 aromatic heterocycles. The van der Waals surface area contributed by atoms with Crippen LogP contribution in [0.1, 0.15) is 13.8 Å². The Morgan fingerprint density at radius 1 is 1.12 bits per heavy atom. The summed E-state index contributed by atoms with van der Waals surface area (Å²) in [7, 11) is 1.00. The highest BCUT2D eigenvalue weighted by Crippen LogP contribution is 1.42. The summed E-state index contributed by atoms with van der Waals surface area (Å²) in [5, 5.41) is 44.1. The SMILES string of the molecule is CC(=O)O.CCO.CO.O=CO.OCCO. The predicted octanol–water partition coefficient (Wildman–Crippen LogP) is -1.63. The van der Waals surface area contributed by atoms with Crippen molar-refractivity contribution in [3.63, 3.8) is 0 Å². The zero-order valence-electron chi connectivity index (χ0n) is 9.70. The van der Waals surface area contributed by atoms with Gasteiger partial charge in [0, 0.05) is 20.6 Å². The summed E-state index contributed by atoms with van der Waals surface area (Å²) < 4.78 is 0. The van der Waals surface area contributed by atoms with Crippen molar-refractivity contribution in [2.45, 2.75) is 13.8 Å². The number of hydrogen-bond donors (Lipinski definition) is 6. The van der Waals surface area contributed by atoms with Crippen molar-refractivity contribution in [1.29, 1.82) is 0 Å². The summed E-state index contributed by atoms with van der Waals surface area (Å²) >= 11 is 0. The fourth-order valence-corrected chi connectivity index (χ4v) is 0. The maximum atomic E-state index is 9.00. The molecule has 102 valence electrons. The van der Waals surface area contributed by atoms with Crippen LogP contribution < -0.4 is 0 Å². The van der Waals surface area contributed by atoms with Crippen LogP contribution >= 0.6 is 0 Å². The molecule has 0 aliphatic carbocycles. The molecule has 0 aliphatic rings. The first kappa shape index (κ1) is 29.3. The smallest absolute Gasteiger partial charge is 0.300 e. The largest absolute Gasteiger partial charge is 0.483 e. The van der Waals surface area contributed by atoms with Gasteiger partial charge in [0.15, 0.2) is 0 Å². The molecule has 0 unspecified atom stereocenters. The quantitative estimate of drug-likeness (QED) is 0.301. The third-order valence-electron chi connectivity index (χ3n) is 0.1000. The molecule has 0 saturated carbocycles. The molecule has 0 rings (SSSR count). The Hall–Kier alpha value is -1.22. The molecule has 0 atom stereocenters. The van der Waals surface area contributed by atoms with Gasteiger partial charge >= 0.3 is 0 Å². The van der Waals surface area contributed by atoms with E-state index in [9.17, 15) is 0 Å². The zero-order valence-corrected chi connectivity index (χ0v) is 9.70. The molecule has 0 aliphatic heterocycles. The molecule has 0 amide bonds. The van der Waals surface area contributed by atoms with Crippen molar-refractivity contribution in [2.24, 2.45) is 0 Å². The van der Waals surface area contributed by atoms with Crippen molar-refractivity contribution < 1.29 is 40.2 Å². The Labute approximate surface area is 94.4 Å². The van der Waals surface area contributed by atoms with E-state index in [-0.39, 0.29) is 26.3 Å². The molecular formula is C8H22O8. The minimum atomic E-state index is -0.833. The molecule has 6 N–H and O–H groups in total. The van der Waals surface area contributed by atoms with Crippen LogP contribution in [0.5, 0.6) is 0 Å². The Balaban J connectivity index is -0.0000000322. The van der Waals surface area contributed by atoms with E-state index in [1.807, 2.05) is 0 Å². The number of aliphatic hydroxyl groups is 4. The van der Waals surface area contributed by atoms with Crippen LogP contribution in [-0.2, 0) is 9.59 Å². The van der Waals surface area contributed by atoms with Gasteiger partial charge in [-0.15, -0.1) is 0 Å². The van der Waals surface area contributed by atoms with Crippen molar-refractivity contribution in [2.75, 3.05) is 26.9 Å². The van der Waals surface area contributed by atoms with E-state index in [1.165, 1.54) is 0 Å². The van der Waals surface area contributed by atoms with Gasteiger partial charge in [-0.1, -0.05) is 0 Å². The van der Waals surface area contributed by atoms with Crippen molar-refractivity contribution in [3.8, 4) is 0 Å². The van der Waals surface area contributed by atoms with E-state index >= 15 is 0 Å². The predicted molar refractivity (Wildman–Crippen MR) is 57.1 cm³/mol. The van der Waals surface area contributed by atoms with Crippen LogP contribution in [0.4, 0.5) is 0 Å². The fraction of sp³-hybridized carbons (Fsp3) is 0.750. The van der Waals surface area contributed by atoms with Crippen molar-refractivity contribution in [3.05, 3.63) is 0 Å². The van der Waals surface area contributed by atoms with E-state index in [0.29, 0.717) is 0 Å². The first-order valence-corrected chi connectivity index (χ1v) is 4.02. The monoisotopic (exact) mass is 246 g/mol. The summed E-state index contributed by atoms with van der Waals surface area (Å²) in [6.07, 6.45) is 0. The lowest BCUT2D eigenvalue weighted by Crippen LogP contribution is -1.85. The highest BCUT2D eigenvalue weighted by molar-refractivity contribution is 5.62. The van der Waals surface area contributed by atoms with Gasteiger partial charge in [0.05, 0.1) is 13.2 Å². The normalized spacial score (nSPS) is 5.69. The van der Waals surface area contributed by atoms with Gasteiger partial charge in [-0.05, 0) is 6.92 Å². The third kappa shape index (κ3) is 36600. The second-order valence-corrected chi connectivity index (χ2v) is 1.39. The summed E-state index contributed by atoms with van der Waals surface area (Å²) in [6.45, 7) is 2.51. The fourth-order valence-electron chi connectivity index (χ4n) is 0. The minimum Gasteiger partial charge on any atom is -0.483 e. The summed E-state index contributed by atoms with van der Waals surface area (Å²) in [5.41, 5.74) is 0. The molecule has 8 heteroatoms. The van der Waals surface area contributed by atoms with Gasteiger partial charge in [-0.2, -0.15) is 0 Å². The number of aliphatic carboxylic acids is 1. The first-order valence-electron chi connectivity index (χ1n) is 4.02. The molecular weight excluding hydrogens is 224 g/mol. The van der Waals surface area contributed by atoms with Gasteiger partial charge in [-0.25, -0.2) is 0 Å². The minimum absolute atomic E-state index is 0.125. The number of rotatable bonds is 1. The molecule has 8 nitrogen and oxygen atoms in total. The second-order valence-electron chi connectivity index (χ2n) is 1.39. The number of hydrogen-bond acceptors (Lipinski definition) is 6. The molecule has 0 aromatic carbocycles. The summed E-state index contributed by atoms with van der Waals surface area (Å²) in [5.74, 6) is -0.833. The van der Waals surface area contributed by atoms with Crippen LogP contribution in [-0.4, -0.2) is 70.0 Å². The molecule has 0 bridgehead atoms. The molecule has 0 aromatic rings. The van der Waals surface area contributed by atoms with E-state index in [2.05, 4.69) is 0 Å². The number of carbonyl (C=O) groups is 2. The highest BCUT2D eigenvalue weighted by Gasteiger charge is 1.65. The Morgan fingerprint density at radius 3 is 1.19 bits per heavy atom. The van der Waals surface area contributed by atoms with Crippen LogP contribution in [0.2, 0.25) is 0 Å². The standard InChI is InChI=1S/C2H4O2.C2H6O2.C2H6O.CH2O2.CH4O/c1-2(3)4;3-1-2-4;1-2-3;2-1-3;1-2/h1H3,(H,3,4);3-4H,1-2H2;3H,2H2,1H3;1H,(H,2,3);2H,1H3. The number of aliphatic hydroxyl groups excluding tert-OH is 4. The lowest BCUT2D eigenvalue weighted by Gasteiger charge is -1.70. The van der Waals surface area contributed by atoms with Crippen LogP contribution in [0.25, 0.3) is 0 Å². The summed E-state index contributed by atoms with van der Waals surface area (Å²) in [4.78, 5) is 17.4. The molecule has 0 spiro atoms. The first-order chi connectivity index (χ1) is 7.47.